The number of hydrogen-bond donors (Lipinski definition) is 2. The Morgan fingerprint density at radius 1 is 1.38 bits per heavy atom. The van der Waals surface area contributed by atoms with Crippen molar-refractivity contribution in [3.63, 3.8) is 0 Å². The quantitative estimate of drug-likeness (QED) is 0.744. The van der Waals surface area contributed by atoms with Gasteiger partial charge in [0.05, 0.1) is 11.4 Å². The fourth-order valence-corrected chi connectivity index (χ4v) is 2.59. The van der Waals surface area contributed by atoms with E-state index in [1.807, 2.05) is 13.8 Å². The number of amides is 2. The maximum Gasteiger partial charge on any atom is 0.328 e. The zero-order valence-electron chi connectivity index (χ0n) is 11.9. The van der Waals surface area contributed by atoms with Crippen LogP contribution in [-0.4, -0.2) is 40.9 Å². The second-order valence-electron chi connectivity index (χ2n) is 4.92. The lowest BCUT2D eigenvalue weighted by Crippen LogP contribution is -2.40. The first-order valence-electron chi connectivity index (χ1n) is 6.38. The molecule has 0 radical (unpaired) electrons. The molecular formula is C14H18N2O4S. The van der Waals surface area contributed by atoms with Crippen LogP contribution in [0.1, 0.15) is 28.4 Å². The number of carbonyl (C=O) groups is 3. The molecule has 0 saturated heterocycles. The minimum atomic E-state index is -1.05. The Labute approximate surface area is 126 Å². The van der Waals surface area contributed by atoms with Crippen molar-refractivity contribution in [1.82, 2.24) is 4.90 Å². The highest BCUT2D eigenvalue weighted by atomic mass is 32.1. The van der Waals surface area contributed by atoms with E-state index in [4.69, 9.17) is 10.8 Å². The Balaban J connectivity index is 2.88. The van der Waals surface area contributed by atoms with E-state index in [9.17, 15) is 14.4 Å². The van der Waals surface area contributed by atoms with Gasteiger partial charge in [-0.05, 0) is 24.1 Å². The average molecular weight is 310 g/mol. The lowest BCUT2D eigenvalue weighted by molar-refractivity contribution is -0.131. The predicted molar refractivity (Wildman–Crippen MR) is 80.9 cm³/mol. The number of nitrogens with zero attached hydrogens (tertiary/aromatic N) is 1. The summed E-state index contributed by atoms with van der Waals surface area (Å²) in [6.07, 6.45) is 2.43. The summed E-state index contributed by atoms with van der Waals surface area (Å²) in [5.74, 6) is -1.68. The van der Waals surface area contributed by atoms with E-state index in [0.29, 0.717) is 16.3 Å². The number of hydrogen-bond acceptors (Lipinski definition) is 4. The van der Waals surface area contributed by atoms with Crippen molar-refractivity contribution in [2.75, 3.05) is 13.1 Å². The lowest BCUT2D eigenvalue weighted by atomic mass is 10.2. The van der Waals surface area contributed by atoms with Gasteiger partial charge in [0.1, 0.15) is 0 Å². The smallest absolute Gasteiger partial charge is 0.328 e. The third-order valence-corrected chi connectivity index (χ3v) is 3.49. The van der Waals surface area contributed by atoms with Crippen LogP contribution in [-0.2, 0) is 9.59 Å². The summed E-state index contributed by atoms with van der Waals surface area (Å²) in [6, 6.07) is 3.28. The topological polar surface area (TPSA) is 101 Å². The first kappa shape index (κ1) is 16.9. The molecule has 0 bridgehead atoms. The van der Waals surface area contributed by atoms with Gasteiger partial charge in [-0.15, -0.1) is 11.3 Å². The van der Waals surface area contributed by atoms with Gasteiger partial charge in [0.15, 0.2) is 0 Å². The number of primary amides is 1. The number of aliphatic carboxylic acids is 1. The number of carbonyl (C=O) groups excluding carboxylic acids is 2. The molecule has 0 unspecified atom stereocenters. The SMILES string of the molecule is CC(C)CN(CC(N)=O)C(=O)c1ccc(C=CC(=O)O)s1. The van der Waals surface area contributed by atoms with Crippen LogP contribution >= 0.6 is 11.3 Å². The average Bonchev–Trinajstić information content (AvgIpc) is 2.82. The molecule has 2 amide bonds. The zero-order valence-corrected chi connectivity index (χ0v) is 12.7. The Hall–Kier alpha value is -2.15. The van der Waals surface area contributed by atoms with Crippen LogP contribution in [0.15, 0.2) is 18.2 Å². The highest BCUT2D eigenvalue weighted by Crippen LogP contribution is 2.20. The van der Waals surface area contributed by atoms with Gasteiger partial charge in [0, 0.05) is 17.5 Å². The Bertz CT molecular complexity index is 563. The fourth-order valence-electron chi connectivity index (χ4n) is 1.71. The van der Waals surface area contributed by atoms with E-state index < -0.39 is 11.9 Å². The Kier molecular flexibility index (Phi) is 6.10. The van der Waals surface area contributed by atoms with Gasteiger partial charge >= 0.3 is 5.97 Å². The summed E-state index contributed by atoms with van der Waals surface area (Å²) in [7, 11) is 0. The second-order valence-corrected chi connectivity index (χ2v) is 6.03. The minimum Gasteiger partial charge on any atom is -0.478 e. The number of carboxylic acids is 1. The van der Waals surface area contributed by atoms with Crippen LogP contribution in [0.2, 0.25) is 0 Å². The third-order valence-electron chi connectivity index (χ3n) is 2.45. The van der Waals surface area contributed by atoms with Crippen LogP contribution < -0.4 is 5.73 Å². The van der Waals surface area contributed by atoms with E-state index in [0.717, 1.165) is 6.08 Å². The molecule has 21 heavy (non-hydrogen) atoms. The number of rotatable bonds is 7. The molecule has 3 N–H and O–H groups in total. The zero-order chi connectivity index (χ0) is 16.0. The van der Waals surface area contributed by atoms with E-state index >= 15 is 0 Å². The Morgan fingerprint density at radius 3 is 2.57 bits per heavy atom. The fraction of sp³-hybridized carbons (Fsp3) is 0.357. The molecule has 1 heterocycles. The molecule has 0 spiro atoms. The van der Waals surface area contributed by atoms with Crippen LogP contribution in [0, 0.1) is 5.92 Å². The molecule has 0 fully saturated rings. The maximum absolute atomic E-state index is 12.4. The lowest BCUT2D eigenvalue weighted by Gasteiger charge is -2.22. The van der Waals surface area contributed by atoms with Crippen LogP contribution in [0.3, 0.4) is 0 Å². The molecule has 0 aromatic carbocycles. The first-order valence-corrected chi connectivity index (χ1v) is 7.19. The monoisotopic (exact) mass is 310 g/mol. The highest BCUT2D eigenvalue weighted by Gasteiger charge is 2.20. The highest BCUT2D eigenvalue weighted by molar-refractivity contribution is 7.14. The molecule has 6 nitrogen and oxygen atoms in total. The van der Waals surface area contributed by atoms with Crippen molar-refractivity contribution in [1.29, 1.82) is 0 Å². The van der Waals surface area contributed by atoms with Gasteiger partial charge < -0.3 is 15.7 Å². The maximum atomic E-state index is 12.4. The molecule has 0 aliphatic carbocycles. The molecule has 1 aromatic heterocycles. The molecule has 114 valence electrons. The van der Waals surface area contributed by atoms with Gasteiger partial charge in [-0.2, -0.15) is 0 Å². The number of carboxylic acid groups (broad SMARTS) is 1. The molecule has 0 aliphatic heterocycles. The van der Waals surface area contributed by atoms with Crippen LogP contribution in [0.25, 0.3) is 6.08 Å². The minimum absolute atomic E-state index is 0.130. The van der Waals surface area contributed by atoms with E-state index in [-0.39, 0.29) is 18.4 Å². The van der Waals surface area contributed by atoms with E-state index in [2.05, 4.69) is 0 Å². The standard InChI is InChI=1S/C14H18N2O4S/c1-9(2)7-16(8-12(15)17)14(20)11-5-3-10(21-11)4-6-13(18)19/h3-6,9H,7-8H2,1-2H3,(H2,15,17)(H,18,19). The van der Waals surface area contributed by atoms with Gasteiger partial charge in [-0.25, -0.2) is 4.79 Å². The van der Waals surface area contributed by atoms with Gasteiger partial charge in [0.25, 0.3) is 5.91 Å². The second kappa shape index (κ2) is 7.58. The normalized spacial score (nSPS) is 11.0. The van der Waals surface area contributed by atoms with Crippen molar-refractivity contribution in [3.8, 4) is 0 Å². The first-order chi connectivity index (χ1) is 9.79. The summed E-state index contributed by atoms with van der Waals surface area (Å²) in [6.45, 7) is 4.18. The number of thiophene rings is 1. The summed E-state index contributed by atoms with van der Waals surface area (Å²) in [5, 5.41) is 8.57. The third kappa shape index (κ3) is 5.78. The molecule has 0 saturated carbocycles. The Morgan fingerprint density at radius 2 is 2.05 bits per heavy atom. The van der Waals surface area contributed by atoms with Crippen molar-refractivity contribution in [2.45, 2.75) is 13.8 Å². The van der Waals surface area contributed by atoms with E-state index in [1.165, 1.54) is 22.3 Å². The van der Waals surface area contributed by atoms with Gasteiger partial charge in [-0.1, -0.05) is 13.8 Å². The van der Waals surface area contributed by atoms with Crippen molar-refractivity contribution >= 4 is 35.2 Å². The molecule has 1 rings (SSSR count). The van der Waals surface area contributed by atoms with Gasteiger partial charge in [0.2, 0.25) is 5.91 Å². The van der Waals surface area contributed by atoms with Crippen LogP contribution in [0.5, 0.6) is 0 Å². The number of nitrogens with two attached hydrogens (primary N) is 1. The molecule has 0 atom stereocenters. The van der Waals surface area contributed by atoms with Crippen molar-refractivity contribution < 1.29 is 19.5 Å². The predicted octanol–water partition coefficient (Wildman–Crippen LogP) is 1.43. The summed E-state index contributed by atoms with van der Waals surface area (Å²) in [4.78, 5) is 36.4. The van der Waals surface area contributed by atoms with Crippen molar-refractivity contribution in [3.05, 3.63) is 28.0 Å². The molecule has 1 aromatic rings. The summed E-state index contributed by atoms with van der Waals surface area (Å²) < 4.78 is 0. The summed E-state index contributed by atoms with van der Waals surface area (Å²) in [5.41, 5.74) is 5.17. The van der Waals surface area contributed by atoms with Crippen LogP contribution in [0.4, 0.5) is 0 Å². The van der Waals surface area contributed by atoms with Gasteiger partial charge in [-0.3, -0.25) is 9.59 Å². The summed E-state index contributed by atoms with van der Waals surface area (Å²) >= 11 is 1.17. The van der Waals surface area contributed by atoms with Crippen molar-refractivity contribution in [2.24, 2.45) is 11.7 Å². The molecule has 0 aliphatic rings. The molecule has 7 heteroatoms. The largest absolute Gasteiger partial charge is 0.478 e. The van der Waals surface area contributed by atoms with E-state index in [1.54, 1.807) is 12.1 Å². The molecular weight excluding hydrogens is 292 g/mol.